The van der Waals surface area contributed by atoms with Crippen molar-refractivity contribution >= 4 is 33.9 Å². The number of azo groups is 1. The molecule has 5 nitrogen and oxygen atoms in total. The zero-order valence-corrected chi connectivity index (χ0v) is 10.0. The second-order valence-corrected chi connectivity index (χ2v) is 4.00. The summed E-state index contributed by atoms with van der Waals surface area (Å²) in [5.74, 6) is -0.535. The van der Waals surface area contributed by atoms with E-state index >= 15 is 0 Å². The van der Waals surface area contributed by atoms with Crippen LogP contribution in [0.3, 0.4) is 0 Å². The highest BCUT2D eigenvalue weighted by atomic mass is 32.1. The van der Waals surface area contributed by atoms with Gasteiger partial charge in [0.1, 0.15) is 0 Å². The number of hydrogen-bond acceptors (Lipinski definition) is 3. The third-order valence-electron chi connectivity index (χ3n) is 2.33. The molecule has 0 bridgehead atoms. The quantitative estimate of drug-likeness (QED) is 0.556. The van der Waals surface area contributed by atoms with Crippen molar-refractivity contribution in [1.29, 1.82) is 0 Å². The topological polar surface area (TPSA) is 86.8 Å². The summed E-state index contributed by atoms with van der Waals surface area (Å²) in [6.45, 7) is 0. The van der Waals surface area contributed by atoms with Crippen LogP contribution in [0.5, 0.6) is 5.88 Å². The molecule has 19 heavy (non-hydrogen) atoms. The number of hydrogen-bond donors (Lipinski definition) is 3. The van der Waals surface area contributed by atoms with Gasteiger partial charge in [0.15, 0.2) is 5.69 Å². The number of aromatic nitrogens is 1. The van der Waals surface area contributed by atoms with Crippen LogP contribution >= 0.6 is 12.2 Å². The van der Waals surface area contributed by atoms with Crippen LogP contribution in [0.2, 0.25) is 0 Å². The summed E-state index contributed by atoms with van der Waals surface area (Å²) in [5.41, 5.74) is 3.89. The van der Waals surface area contributed by atoms with E-state index in [0.29, 0.717) is 0 Å². The lowest BCUT2D eigenvalue weighted by Gasteiger charge is -2.07. The Bertz CT molecular complexity index is 677. The van der Waals surface area contributed by atoms with Crippen LogP contribution in [0.25, 0.3) is 10.9 Å². The minimum atomic E-state index is -4.58. The minimum absolute atomic E-state index is 0.0872. The highest BCUT2D eigenvalue weighted by Crippen LogP contribution is 2.43. The largest absolute Gasteiger partial charge is 0.493 e. The van der Waals surface area contributed by atoms with Crippen molar-refractivity contribution in [2.45, 2.75) is 6.18 Å². The van der Waals surface area contributed by atoms with Gasteiger partial charge in [-0.15, -0.1) is 10.2 Å². The molecule has 0 unspecified atom stereocenters. The molecule has 4 N–H and O–H groups in total. The SMILES string of the molecule is NC(=S)N=Nc1c(O)[nH]c2cccc(C(F)(F)F)c12. The number of nitrogens with two attached hydrogens (primary N) is 1. The van der Waals surface area contributed by atoms with Crippen molar-refractivity contribution in [3.05, 3.63) is 23.8 Å². The van der Waals surface area contributed by atoms with Crippen molar-refractivity contribution in [3.63, 3.8) is 0 Å². The van der Waals surface area contributed by atoms with Crippen LogP contribution in [0.15, 0.2) is 28.4 Å². The average Bonchev–Trinajstić information content (AvgIpc) is 2.60. The van der Waals surface area contributed by atoms with Gasteiger partial charge in [-0.25, -0.2) is 0 Å². The predicted octanol–water partition coefficient (Wildman–Crippen LogP) is 3.22. The Morgan fingerprint density at radius 3 is 2.63 bits per heavy atom. The Kier molecular flexibility index (Phi) is 3.14. The van der Waals surface area contributed by atoms with Gasteiger partial charge >= 0.3 is 6.18 Å². The zero-order chi connectivity index (χ0) is 14.2. The molecule has 0 saturated carbocycles. The summed E-state index contributed by atoms with van der Waals surface area (Å²) in [6.07, 6.45) is -4.58. The normalized spacial score (nSPS) is 12.4. The monoisotopic (exact) mass is 288 g/mol. The van der Waals surface area contributed by atoms with Gasteiger partial charge in [0, 0.05) is 5.39 Å². The first-order valence-electron chi connectivity index (χ1n) is 4.92. The van der Waals surface area contributed by atoms with Gasteiger partial charge in [0.2, 0.25) is 11.0 Å². The third kappa shape index (κ3) is 2.50. The second kappa shape index (κ2) is 4.50. The second-order valence-electron chi connectivity index (χ2n) is 3.59. The predicted molar refractivity (Wildman–Crippen MR) is 66.3 cm³/mol. The number of nitrogens with one attached hydrogen (secondary N) is 1. The lowest BCUT2D eigenvalue weighted by atomic mass is 10.1. The summed E-state index contributed by atoms with van der Waals surface area (Å²) >= 11 is 4.44. The Balaban J connectivity index is 2.76. The van der Waals surface area contributed by atoms with Gasteiger partial charge in [-0.2, -0.15) is 13.2 Å². The average molecular weight is 288 g/mol. The van der Waals surface area contributed by atoms with Crippen LogP contribution in [-0.2, 0) is 6.18 Å². The Hall–Kier alpha value is -2.16. The fraction of sp³-hybridized carbons (Fsp3) is 0.100. The molecule has 1 heterocycles. The molecule has 0 saturated heterocycles. The highest BCUT2D eigenvalue weighted by molar-refractivity contribution is 7.80. The first kappa shape index (κ1) is 13.3. The van der Waals surface area contributed by atoms with Crippen molar-refractivity contribution in [1.82, 2.24) is 4.98 Å². The van der Waals surface area contributed by atoms with E-state index < -0.39 is 17.6 Å². The molecule has 0 atom stereocenters. The van der Waals surface area contributed by atoms with Crippen molar-refractivity contribution in [2.24, 2.45) is 16.0 Å². The molecule has 0 aliphatic heterocycles. The van der Waals surface area contributed by atoms with E-state index in [2.05, 4.69) is 27.4 Å². The van der Waals surface area contributed by atoms with Crippen molar-refractivity contribution in [2.75, 3.05) is 0 Å². The van der Waals surface area contributed by atoms with Crippen LogP contribution in [0, 0.1) is 0 Å². The van der Waals surface area contributed by atoms with Gasteiger partial charge in [-0.1, -0.05) is 6.07 Å². The maximum Gasteiger partial charge on any atom is 0.417 e. The molecule has 0 aliphatic rings. The summed E-state index contributed by atoms with van der Waals surface area (Å²) in [5, 5.41) is 15.7. The molecule has 0 fully saturated rings. The van der Waals surface area contributed by atoms with E-state index in [1.54, 1.807) is 0 Å². The van der Waals surface area contributed by atoms with E-state index in [-0.39, 0.29) is 21.7 Å². The van der Waals surface area contributed by atoms with Gasteiger partial charge < -0.3 is 15.8 Å². The van der Waals surface area contributed by atoms with E-state index in [0.717, 1.165) is 6.07 Å². The molecule has 1 aromatic heterocycles. The number of aromatic amines is 1. The minimum Gasteiger partial charge on any atom is -0.493 e. The highest BCUT2D eigenvalue weighted by Gasteiger charge is 2.34. The molecular weight excluding hydrogens is 281 g/mol. The van der Waals surface area contributed by atoms with Crippen LogP contribution in [0.4, 0.5) is 18.9 Å². The Morgan fingerprint density at radius 2 is 2.05 bits per heavy atom. The van der Waals surface area contributed by atoms with Gasteiger partial charge in [-0.3, -0.25) is 0 Å². The first-order chi connectivity index (χ1) is 8.80. The number of fused-ring (bicyclic) bond motifs is 1. The van der Waals surface area contributed by atoms with E-state index in [9.17, 15) is 18.3 Å². The Morgan fingerprint density at radius 1 is 1.37 bits per heavy atom. The standard InChI is InChI=1S/C10H7F3N4OS/c11-10(12,13)4-2-1-3-5-6(4)7(8(18)15-5)16-17-9(14)19/h1-3,15,18H,(H2,14,19). The van der Waals surface area contributed by atoms with Crippen LogP contribution in [0.1, 0.15) is 5.56 Å². The Labute approximate surface area is 109 Å². The number of benzene rings is 1. The molecule has 0 radical (unpaired) electrons. The number of alkyl halides is 3. The summed E-state index contributed by atoms with van der Waals surface area (Å²) in [6, 6.07) is 3.48. The molecule has 100 valence electrons. The van der Waals surface area contributed by atoms with Gasteiger partial charge in [0.05, 0.1) is 11.1 Å². The molecular formula is C10H7F3N4OS. The summed E-state index contributed by atoms with van der Waals surface area (Å²) in [7, 11) is 0. The van der Waals surface area contributed by atoms with Crippen molar-refractivity contribution < 1.29 is 18.3 Å². The molecule has 2 aromatic rings. The number of nitrogens with zero attached hydrogens (tertiary/aromatic N) is 2. The molecule has 1 aromatic carbocycles. The number of aromatic hydroxyl groups is 1. The van der Waals surface area contributed by atoms with Gasteiger partial charge in [0.25, 0.3) is 0 Å². The lowest BCUT2D eigenvalue weighted by Crippen LogP contribution is -2.05. The van der Waals surface area contributed by atoms with Crippen molar-refractivity contribution in [3.8, 4) is 5.88 Å². The maximum absolute atomic E-state index is 12.9. The maximum atomic E-state index is 12.9. The molecule has 0 aliphatic carbocycles. The van der Waals surface area contributed by atoms with E-state index in [1.807, 2.05) is 0 Å². The lowest BCUT2D eigenvalue weighted by molar-refractivity contribution is -0.136. The van der Waals surface area contributed by atoms with Crippen LogP contribution < -0.4 is 5.73 Å². The van der Waals surface area contributed by atoms with Crippen LogP contribution in [-0.4, -0.2) is 15.2 Å². The van der Waals surface area contributed by atoms with Gasteiger partial charge in [-0.05, 0) is 24.4 Å². The van der Waals surface area contributed by atoms with E-state index in [1.165, 1.54) is 12.1 Å². The first-order valence-corrected chi connectivity index (χ1v) is 5.33. The number of thiocarbonyl (C=S) groups is 1. The number of halogens is 3. The molecule has 2 rings (SSSR count). The van der Waals surface area contributed by atoms with E-state index in [4.69, 9.17) is 5.73 Å². The smallest absolute Gasteiger partial charge is 0.417 e. The summed E-state index contributed by atoms with van der Waals surface area (Å²) in [4.78, 5) is 2.38. The molecule has 0 amide bonds. The summed E-state index contributed by atoms with van der Waals surface area (Å²) < 4.78 is 38.7. The zero-order valence-electron chi connectivity index (χ0n) is 9.19. The fourth-order valence-electron chi connectivity index (χ4n) is 1.65. The molecule has 9 heteroatoms. The third-order valence-corrected chi connectivity index (χ3v) is 2.41. The fourth-order valence-corrected chi connectivity index (χ4v) is 1.69. The molecule has 0 spiro atoms. The number of rotatable bonds is 1. The number of H-pyrrole nitrogens is 1.